The highest BCUT2D eigenvalue weighted by Crippen LogP contribution is 2.32. The van der Waals surface area contributed by atoms with E-state index in [1.807, 2.05) is 0 Å². The van der Waals surface area contributed by atoms with Gasteiger partial charge in [-0.25, -0.2) is 9.69 Å². The van der Waals surface area contributed by atoms with Gasteiger partial charge in [0, 0.05) is 41.9 Å². The van der Waals surface area contributed by atoms with Crippen LogP contribution in [0.15, 0.2) is 48.7 Å². The average Bonchev–Trinajstić information content (AvgIpc) is 3.67. The lowest BCUT2D eigenvalue weighted by atomic mass is 9.96. The van der Waals surface area contributed by atoms with Gasteiger partial charge in [-0.15, -0.1) is 0 Å². The van der Waals surface area contributed by atoms with Crippen LogP contribution in [0.4, 0.5) is 16.2 Å². The molecule has 0 saturated carbocycles. The molecule has 4 heterocycles. The lowest BCUT2D eigenvalue weighted by molar-refractivity contribution is -0.121. The molecule has 0 radical (unpaired) electrons. The quantitative estimate of drug-likeness (QED) is 0.446. The largest absolute Gasteiger partial charge is 0.360 e. The first-order valence-electron chi connectivity index (χ1n) is 13.6. The third kappa shape index (κ3) is 4.71. The van der Waals surface area contributed by atoms with Crippen molar-refractivity contribution in [1.82, 2.24) is 20.1 Å². The monoisotopic (exact) mass is 562 g/mol. The molecule has 2 atom stereocenters. The number of piperidine rings is 1. The molecule has 40 heavy (non-hydrogen) atoms. The minimum absolute atomic E-state index is 0.00259. The van der Waals surface area contributed by atoms with E-state index in [1.54, 1.807) is 65.5 Å². The van der Waals surface area contributed by atoms with Crippen molar-refractivity contribution in [3.63, 3.8) is 0 Å². The van der Waals surface area contributed by atoms with Crippen molar-refractivity contribution in [2.75, 3.05) is 43.0 Å². The molecule has 3 aliphatic heterocycles. The number of fused-ring (bicyclic) bond motifs is 2. The number of carbonyl (C=O) groups is 4. The molecular formula is C29H31ClN6O4. The first-order valence-corrected chi connectivity index (χ1v) is 14.0. The molecule has 3 fully saturated rings. The number of hydrogen-bond donors (Lipinski definition) is 2. The summed E-state index contributed by atoms with van der Waals surface area (Å²) < 4.78 is 0. The number of hydrogen-bond acceptors (Lipinski definition) is 5. The normalized spacial score (nSPS) is 21.2. The third-order valence-electron chi connectivity index (χ3n) is 8.18. The molecular weight excluding hydrogens is 532 g/mol. The predicted molar refractivity (Wildman–Crippen MR) is 153 cm³/mol. The standard InChI is InChI=1S/C29H31ClN6O4/c1-33(25(37)17-34-12-2-3-13-34)19-7-9-20(10-8-19)36-28(39)26-23(5-4-14-35(26)29(36)40)32-27(38)18-6-11-21-22(30)16-31-24(21)15-18/h6-11,15-16,23,26,31H,2-5,12-14,17H2,1H3,(H,32,38)/t23-,26+/m1/s1. The number of carbonyl (C=O) groups excluding carboxylic acids is 4. The molecule has 0 spiro atoms. The van der Waals surface area contributed by atoms with Crippen molar-refractivity contribution in [1.29, 1.82) is 0 Å². The zero-order chi connectivity index (χ0) is 28.0. The van der Waals surface area contributed by atoms with Crippen LogP contribution in [0.25, 0.3) is 10.9 Å². The average molecular weight is 563 g/mol. The summed E-state index contributed by atoms with van der Waals surface area (Å²) in [6.45, 7) is 2.69. The number of nitrogens with zero attached hydrogens (tertiary/aromatic N) is 4. The lowest BCUT2D eigenvalue weighted by Crippen LogP contribution is -2.55. The lowest BCUT2D eigenvalue weighted by Gasteiger charge is -2.34. The highest BCUT2D eigenvalue weighted by molar-refractivity contribution is 6.35. The number of likely N-dealkylation sites (tertiary alicyclic amines) is 1. The molecule has 6 rings (SSSR count). The van der Waals surface area contributed by atoms with E-state index in [0.29, 0.717) is 47.9 Å². The van der Waals surface area contributed by atoms with Gasteiger partial charge in [0.1, 0.15) is 6.04 Å². The summed E-state index contributed by atoms with van der Waals surface area (Å²) in [4.78, 5) is 62.3. The summed E-state index contributed by atoms with van der Waals surface area (Å²) >= 11 is 6.15. The van der Waals surface area contributed by atoms with Crippen LogP contribution >= 0.6 is 11.6 Å². The van der Waals surface area contributed by atoms with E-state index in [9.17, 15) is 19.2 Å². The summed E-state index contributed by atoms with van der Waals surface area (Å²) in [6.07, 6.45) is 5.15. The summed E-state index contributed by atoms with van der Waals surface area (Å²) in [5.74, 6) is -0.686. The van der Waals surface area contributed by atoms with Crippen molar-refractivity contribution >= 4 is 57.6 Å². The van der Waals surface area contributed by atoms with Gasteiger partial charge in [-0.1, -0.05) is 17.7 Å². The van der Waals surface area contributed by atoms with E-state index in [1.165, 1.54) is 4.90 Å². The smallest absolute Gasteiger partial charge is 0.332 e. The second kappa shape index (κ2) is 10.6. The Hall–Kier alpha value is -3.89. The van der Waals surface area contributed by atoms with Gasteiger partial charge in [-0.05, 0) is 75.2 Å². The fourth-order valence-corrected chi connectivity index (χ4v) is 6.17. The summed E-state index contributed by atoms with van der Waals surface area (Å²) in [7, 11) is 1.73. The highest BCUT2D eigenvalue weighted by atomic mass is 35.5. The number of aromatic amines is 1. The number of likely N-dealkylation sites (N-methyl/N-ethyl adjacent to an activating group) is 1. The van der Waals surface area contributed by atoms with Gasteiger partial charge in [-0.2, -0.15) is 0 Å². The zero-order valence-corrected chi connectivity index (χ0v) is 23.0. The summed E-state index contributed by atoms with van der Waals surface area (Å²) in [5, 5.41) is 4.39. The van der Waals surface area contributed by atoms with E-state index in [4.69, 9.17) is 11.6 Å². The van der Waals surface area contributed by atoms with Crippen molar-refractivity contribution in [2.45, 2.75) is 37.8 Å². The number of imide groups is 1. The predicted octanol–water partition coefficient (Wildman–Crippen LogP) is 3.61. The first-order chi connectivity index (χ1) is 19.3. The Morgan fingerprint density at radius 3 is 2.55 bits per heavy atom. The molecule has 2 N–H and O–H groups in total. The van der Waals surface area contributed by atoms with Gasteiger partial charge < -0.3 is 20.1 Å². The van der Waals surface area contributed by atoms with Gasteiger partial charge in [0.2, 0.25) is 5.91 Å². The molecule has 208 valence electrons. The molecule has 10 nitrogen and oxygen atoms in total. The maximum atomic E-state index is 13.6. The Bertz CT molecular complexity index is 1480. The van der Waals surface area contributed by atoms with Crippen molar-refractivity contribution in [3.8, 4) is 0 Å². The molecule has 3 saturated heterocycles. The molecule has 3 aliphatic rings. The van der Waals surface area contributed by atoms with Crippen LogP contribution in [0.5, 0.6) is 0 Å². The summed E-state index contributed by atoms with van der Waals surface area (Å²) in [5.41, 5.74) is 2.31. The van der Waals surface area contributed by atoms with E-state index in [-0.39, 0.29) is 17.7 Å². The van der Waals surface area contributed by atoms with Crippen LogP contribution in [0.1, 0.15) is 36.0 Å². The van der Waals surface area contributed by atoms with Crippen LogP contribution in [0.3, 0.4) is 0 Å². The van der Waals surface area contributed by atoms with Crippen LogP contribution in [0, 0.1) is 0 Å². The molecule has 0 aliphatic carbocycles. The molecule has 2 aromatic carbocycles. The van der Waals surface area contributed by atoms with E-state index in [0.717, 1.165) is 36.8 Å². The van der Waals surface area contributed by atoms with Gasteiger partial charge in [0.15, 0.2) is 0 Å². The van der Waals surface area contributed by atoms with E-state index >= 15 is 0 Å². The minimum Gasteiger partial charge on any atom is -0.360 e. The Balaban J connectivity index is 1.16. The fraction of sp³-hybridized carbons (Fsp3) is 0.379. The zero-order valence-electron chi connectivity index (χ0n) is 22.2. The molecule has 11 heteroatoms. The topological polar surface area (TPSA) is 109 Å². The Morgan fingerprint density at radius 1 is 1.05 bits per heavy atom. The molecule has 1 aromatic heterocycles. The Morgan fingerprint density at radius 2 is 1.80 bits per heavy atom. The second-order valence-electron chi connectivity index (χ2n) is 10.7. The number of H-pyrrole nitrogens is 1. The van der Waals surface area contributed by atoms with Crippen molar-refractivity contribution in [3.05, 3.63) is 59.2 Å². The van der Waals surface area contributed by atoms with E-state index < -0.39 is 18.1 Å². The maximum absolute atomic E-state index is 13.6. The first kappa shape index (κ1) is 26.3. The number of urea groups is 1. The summed E-state index contributed by atoms with van der Waals surface area (Å²) in [6, 6.07) is 10.4. The third-order valence-corrected chi connectivity index (χ3v) is 8.49. The Kier molecular flexibility index (Phi) is 6.97. The van der Waals surface area contributed by atoms with Gasteiger partial charge in [0.25, 0.3) is 11.8 Å². The molecule has 5 amide bonds. The number of halogens is 1. The van der Waals surface area contributed by atoms with Gasteiger partial charge in [0.05, 0.1) is 23.3 Å². The van der Waals surface area contributed by atoms with Crippen LogP contribution in [-0.4, -0.2) is 83.8 Å². The highest BCUT2D eigenvalue weighted by Gasteiger charge is 2.51. The van der Waals surface area contributed by atoms with Crippen LogP contribution < -0.4 is 15.1 Å². The number of amides is 5. The molecule has 0 bridgehead atoms. The SMILES string of the molecule is CN(C(=O)CN1CCCC1)c1ccc(N2C(=O)[C@@H]3[C@H](NC(=O)c4ccc5c(Cl)c[nH]c5c4)CCCN3C2=O)cc1. The number of aromatic nitrogens is 1. The number of nitrogens with one attached hydrogen (secondary N) is 2. The van der Waals surface area contributed by atoms with Crippen molar-refractivity contribution < 1.29 is 19.2 Å². The molecule has 3 aromatic rings. The maximum Gasteiger partial charge on any atom is 0.332 e. The fourth-order valence-electron chi connectivity index (χ4n) is 5.95. The van der Waals surface area contributed by atoms with E-state index in [2.05, 4.69) is 15.2 Å². The van der Waals surface area contributed by atoms with Crippen molar-refractivity contribution in [2.24, 2.45) is 0 Å². The van der Waals surface area contributed by atoms with Gasteiger partial charge in [-0.3, -0.25) is 19.3 Å². The number of benzene rings is 2. The molecule has 0 unspecified atom stereocenters. The van der Waals surface area contributed by atoms with Crippen LogP contribution in [-0.2, 0) is 9.59 Å². The van der Waals surface area contributed by atoms with Crippen LogP contribution in [0.2, 0.25) is 5.02 Å². The minimum atomic E-state index is -0.779. The number of anilines is 2. The van der Waals surface area contributed by atoms with Gasteiger partial charge >= 0.3 is 6.03 Å². The second-order valence-corrected chi connectivity index (χ2v) is 11.1. The number of rotatable bonds is 6. The Labute approximate surface area is 236 Å².